The van der Waals surface area contributed by atoms with Crippen LogP contribution in [0.1, 0.15) is 86.0 Å². The van der Waals surface area contributed by atoms with E-state index < -0.39 is 41.4 Å². The number of rotatable bonds is 12. The molecule has 4 atom stereocenters. The summed E-state index contributed by atoms with van der Waals surface area (Å²) in [6.07, 6.45) is 8.49. The topological polar surface area (TPSA) is 125 Å². The third-order valence-corrected chi connectivity index (χ3v) is 7.48. The van der Waals surface area contributed by atoms with Crippen LogP contribution in [-0.2, 0) is 23.9 Å². The normalized spacial score (nSPS) is 23.3. The van der Waals surface area contributed by atoms with Crippen molar-refractivity contribution >= 4 is 23.6 Å². The molecular weight excluding hydrogens is 486 g/mol. The molecule has 0 aromatic carbocycles. The highest BCUT2D eigenvalue weighted by atomic mass is 16.5. The molecule has 0 spiro atoms. The Bertz CT molecular complexity index is 954. The van der Waals surface area contributed by atoms with Crippen LogP contribution >= 0.6 is 0 Å². The highest BCUT2D eigenvalue weighted by Crippen LogP contribution is 2.35. The number of carbonyl (C=O) groups excluding carboxylic acids is 3. The molecule has 1 heterocycles. The molecule has 2 saturated carbocycles. The summed E-state index contributed by atoms with van der Waals surface area (Å²) in [6.45, 7) is 14.1. The fourth-order valence-electron chi connectivity index (χ4n) is 5.71. The summed E-state index contributed by atoms with van der Waals surface area (Å²) >= 11 is 0. The number of hydrogen-bond acceptors (Lipinski definition) is 6. The second-order valence-electron chi connectivity index (χ2n) is 12.5. The van der Waals surface area contributed by atoms with Gasteiger partial charge in [-0.1, -0.05) is 37.3 Å². The van der Waals surface area contributed by atoms with Crippen molar-refractivity contribution in [3.63, 3.8) is 0 Å². The molecule has 212 valence electrons. The van der Waals surface area contributed by atoms with Crippen LogP contribution in [-0.4, -0.2) is 63.8 Å². The Labute approximate surface area is 226 Å². The van der Waals surface area contributed by atoms with Gasteiger partial charge in [-0.05, 0) is 84.6 Å². The van der Waals surface area contributed by atoms with Gasteiger partial charge in [-0.3, -0.25) is 14.4 Å². The number of amides is 2. The Morgan fingerprint density at radius 2 is 1.71 bits per heavy atom. The van der Waals surface area contributed by atoms with Crippen molar-refractivity contribution in [2.75, 3.05) is 6.54 Å². The second-order valence-corrected chi connectivity index (χ2v) is 12.5. The number of ether oxygens (including phenoxy) is 1. The van der Waals surface area contributed by atoms with Gasteiger partial charge < -0.3 is 25.4 Å². The summed E-state index contributed by atoms with van der Waals surface area (Å²) in [5.41, 5.74) is 0.610. The third-order valence-electron chi connectivity index (χ3n) is 7.48. The molecule has 0 radical (unpaired) electrons. The molecule has 1 saturated heterocycles. The maximum absolute atomic E-state index is 14.1. The molecular formula is C29H45N3O6. The zero-order valence-electron chi connectivity index (χ0n) is 23.5. The first-order chi connectivity index (χ1) is 17.7. The van der Waals surface area contributed by atoms with Crippen LogP contribution in [0.2, 0.25) is 0 Å². The minimum Gasteiger partial charge on any atom is -0.475 e. The second kappa shape index (κ2) is 12.3. The number of Topliss-reactive ketones (excluding diaryl/α,β-unsaturated/α-hetero) is 1. The van der Waals surface area contributed by atoms with Crippen LogP contribution in [0, 0.1) is 17.8 Å². The minimum atomic E-state index is -1.56. The minimum absolute atomic E-state index is 0.0185. The van der Waals surface area contributed by atoms with Gasteiger partial charge in [0.15, 0.2) is 5.88 Å². The van der Waals surface area contributed by atoms with E-state index in [1.807, 2.05) is 34.6 Å². The van der Waals surface area contributed by atoms with E-state index >= 15 is 0 Å². The van der Waals surface area contributed by atoms with E-state index in [0.717, 1.165) is 44.1 Å². The van der Waals surface area contributed by atoms with Crippen molar-refractivity contribution < 1.29 is 29.0 Å². The zero-order valence-corrected chi connectivity index (χ0v) is 23.5. The number of likely N-dealkylation sites (tertiary alicyclic amines) is 1. The molecule has 3 fully saturated rings. The zero-order chi connectivity index (χ0) is 28.2. The summed E-state index contributed by atoms with van der Waals surface area (Å²) in [7, 11) is 0. The SMILES string of the molecule is C=C(N[C@H](C(=O)N1CC(C=C(C)C)C[C@H]1C(=O)NC(CC1CC1)C(=O)C(=O)O)C1CCCC1)OC(C)(C)C. The summed E-state index contributed by atoms with van der Waals surface area (Å²) < 4.78 is 5.87. The van der Waals surface area contributed by atoms with Gasteiger partial charge in [0.05, 0.1) is 6.04 Å². The predicted octanol–water partition coefficient (Wildman–Crippen LogP) is 3.54. The first kappa shape index (κ1) is 29.7. The van der Waals surface area contributed by atoms with Crippen LogP contribution in [0.5, 0.6) is 0 Å². The molecule has 3 N–H and O–H groups in total. The van der Waals surface area contributed by atoms with E-state index in [9.17, 15) is 24.3 Å². The van der Waals surface area contributed by atoms with Crippen molar-refractivity contribution in [3.8, 4) is 0 Å². The number of nitrogens with zero attached hydrogens (tertiary/aromatic N) is 1. The number of hydrogen-bond donors (Lipinski definition) is 3. The fourth-order valence-corrected chi connectivity index (χ4v) is 5.71. The third kappa shape index (κ3) is 8.33. The molecule has 9 heteroatoms. The molecule has 2 aliphatic carbocycles. The van der Waals surface area contributed by atoms with E-state index in [-0.39, 0.29) is 23.7 Å². The molecule has 2 unspecified atom stereocenters. The Balaban J connectivity index is 1.84. The van der Waals surface area contributed by atoms with Crippen LogP contribution in [0.3, 0.4) is 0 Å². The number of carboxylic acids is 1. The number of ketones is 1. The Hall–Kier alpha value is -2.84. The van der Waals surface area contributed by atoms with Crippen molar-refractivity contribution in [2.45, 2.75) is 110 Å². The van der Waals surface area contributed by atoms with E-state index in [2.05, 4.69) is 23.3 Å². The highest BCUT2D eigenvalue weighted by Gasteiger charge is 2.45. The van der Waals surface area contributed by atoms with E-state index in [1.54, 1.807) is 4.90 Å². The molecule has 0 aromatic rings. The van der Waals surface area contributed by atoms with Crippen molar-refractivity contribution in [3.05, 3.63) is 24.1 Å². The quantitative estimate of drug-likeness (QED) is 0.200. The summed E-state index contributed by atoms with van der Waals surface area (Å²) in [6, 6.07) is -2.47. The molecule has 0 aromatic heterocycles. The molecule has 3 rings (SSSR count). The Kier molecular flexibility index (Phi) is 9.65. The van der Waals surface area contributed by atoms with E-state index in [0.29, 0.717) is 25.3 Å². The number of aliphatic carboxylic acids is 1. The monoisotopic (exact) mass is 531 g/mol. The lowest BCUT2D eigenvalue weighted by Gasteiger charge is -2.34. The number of carbonyl (C=O) groups is 4. The molecule has 2 amide bonds. The lowest BCUT2D eigenvalue weighted by Crippen LogP contribution is -2.56. The predicted molar refractivity (Wildman–Crippen MR) is 144 cm³/mol. The molecule has 38 heavy (non-hydrogen) atoms. The Morgan fingerprint density at radius 3 is 2.24 bits per heavy atom. The maximum Gasteiger partial charge on any atom is 0.374 e. The molecule has 3 aliphatic rings. The summed E-state index contributed by atoms with van der Waals surface area (Å²) in [5.74, 6) is -2.60. The van der Waals surface area contributed by atoms with Gasteiger partial charge >= 0.3 is 5.97 Å². The fraction of sp³-hybridized carbons (Fsp3) is 0.724. The smallest absolute Gasteiger partial charge is 0.374 e. The Morgan fingerprint density at radius 1 is 1.08 bits per heavy atom. The highest BCUT2D eigenvalue weighted by molar-refractivity contribution is 6.35. The lowest BCUT2D eigenvalue weighted by atomic mass is 9.96. The maximum atomic E-state index is 14.1. The van der Waals surface area contributed by atoms with Crippen LogP contribution in [0.25, 0.3) is 0 Å². The number of allylic oxidation sites excluding steroid dienone is 1. The van der Waals surface area contributed by atoms with Gasteiger partial charge in [0.2, 0.25) is 11.8 Å². The van der Waals surface area contributed by atoms with E-state index in [1.165, 1.54) is 0 Å². The van der Waals surface area contributed by atoms with E-state index in [4.69, 9.17) is 4.74 Å². The molecule has 0 bridgehead atoms. The lowest BCUT2D eigenvalue weighted by molar-refractivity contribution is -0.151. The average molecular weight is 532 g/mol. The molecule has 1 aliphatic heterocycles. The van der Waals surface area contributed by atoms with Gasteiger partial charge in [0, 0.05) is 6.54 Å². The van der Waals surface area contributed by atoms with Crippen molar-refractivity contribution in [1.29, 1.82) is 0 Å². The van der Waals surface area contributed by atoms with Crippen LogP contribution in [0.4, 0.5) is 0 Å². The number of nitrogens with one attached hydrogen (secondary N) is 2. The summed E-state index contributed by atoms with van der Waals surface area (Å²) in [5, 5.41) is 15.2. The number of carboxylic acid groups (broad SMARTS) is 1. The van der Waals surface area contributed by atoms with Crippen LogP contribution < -0.4 is 10.6 Å². The van der Waals surface area contributed by atoms with Gasteiger partial charge in [-0.15, -0.1) is 0 Å². The largest absolute Gasteiger partial charge is 0.475 e. The first-order valence-electron chi connectivity index (χ1n) is 13.9. The van der Waals surface area contributed by atoms with Gasteiger partial charge in [0.25, 0.3) is 5.78 Å². The van der Waals surface area contributed by atoms with Gasteiger partial charge in [0.1, 0.15) is 17.7 Å². The summed E-state index contributed by atoms with van der Waals surface area (Å²) in [4.78, 5) is 53.1. The van der Waals surface area contributed by atoms with Gasteiger partial charge in [-0.25, -0.2) is 4.79 Å². The van der Waals surface area contributed by atoms with Crippen molar-refractivity contribution in [1.82, 2.24) is 15.5 Å². The molecule has 9 nitrogen and oxygen atoms in total. The van der Waals surface area contributed by atoms with Crippen molar-refractivity contribution in [2.24, 2.45) is 17.8 Å². The van der Waals surface area contributed by atoms with Crippen LogP contribution in [0.15, 0.2) is 24.1 Å². The first-order valence-corrected chi connectivity index (χ1v) is 13.9. The average Bonchev–Trinajstić information content (AvgIpc) is 3.27. The van der Waals surface area contributed by atoms with Gasteiger partial charge in [-0.2, -0.15) is 0 Å². The standard InChI is InChI=1S/C29H45N3O6/c1-17(2)13-20-15-23(26(34)31-22(14-19-11-12-19)25(33)28(36)37)32(16-20)27(35)24(21-9-7-8-10-21)30-18(3)38-29(4,5)6/h13,19-24,30H,3,7-12,14-16H2,1-2,4-6H3,(H,31,34)(H,36,37)/t20?,22?,23-,24-/m0/s1.